The maximum absolute atomic E-state index is 13.3. The van der Waals surface area contributed by atoms with Gasteiger partial charge in [-0.15, -0.1) is 0 Å². The number of carbonyl (C=O) groups excluding carboxylic acids is 3. The van der Waals surface area contributed by atoms with Crippen LogP contribution in [0.5, 0.6) is 0 Å². The molecular formula is C34H34ClNO4. The lowest BCUT2D eigenvalue weighted by molar-refractivity contribution is -0.144. The van der Waals surface area contributed by atoms with E-state index in [1.165, 1.54) is 44.1 Å². The highest BCUT2D eigenvalue weighted by atomic mass is 35.5. The van der Waals surface area contributed by atoms with Crippen LogP contribution in [0.1, 0.15) is 70.4 Å². The van der Waals surface area contributed by atoms with Crippen molar-refractivity contribution in [1.82, 2.24) is 5.32 Å². The van der Waals surface area contributed by atoms with Gasteiger partial charge in [0.15, 0.2) is 12.4 Å². The highest BCUT2D eigenvalue weighted by Crippen LogP contribution is 2.60. The standard InChI is InChI=1S/C34H34ClNO4/c35-29-12-8-26(9-13-29)31(37)21-40-33(39)30(17-22-4-2-1-3-5-22)36-32(38)27-6-10-28(11-7-27)34-18-23-14-24(19-34)16-25(15-23)20-34/h1-13,23-25,30H,14-21H2,(H,36,38)/t23?,24?,25?,30-,34?/m0/s1. The first-order valence-electron chi connectivity index (χ1n) is 14.3. The van der Waals surface area contributed by atoms with Crippen LogP contribution in [-0.4, -0.2) is 30.3 Å². The second-order valence-electron chi connectivity index (χ2n) is 12.0. The first kappa shape index (κ1) is 26.8. The Labute approximate surface area is 240 Å². The van der Waals surface area contributed by atoms with Crippen LogP contribution in [0.4, 0.5) is 0 Å². The molecule has 4 bridgehead atoms. The number of benzene rings is 3. The first-order chi connectivity index (χ1) is 19.4. The fourth-order valence-electron chi connectivity index (χ4n) is 7.68. The van der Waals surface area contributed by atoms with E-state index in [9.17, 15) is 14.4 Å². The second kappa shape index (κ2) is 11.2. The van der Waals surface area contributed by atoms with E-state index in [0.29, 0.717) is 16.1 Å². The summed E-state index contributed by atoms with van der Waals surface area (Å²) < 4.78 is 5.38. The number of esters is 1. The zero-order valence-corrected chi connectivity index (χ0v) is 23.2. The third-order valence-corrected chi connectivity index (χ3v) is 9.43. The summed E-state index contributed by atoms with van der Waals surface area (Å²) >= 11 is 5.90. The van der Waals surface area contributed by atoms with E-state index in [1.54, 1.807) is 24.3 Å². The molecule has 1 amide bonds. The number of ketones is 1. The summed E-state index contributed by atoms with van der Waals surface area (Å²) in [6.07, 6.45) is 8.24. The van der Waals surface area contributed by atoms with E-state index in [2.05, 4.69) is 17.4 Å². The van der Waals surface area contributed by atoms with Crippen molar-refractivity contribution in [2.24, 2.45) is 17.8 Å². The van der Waals surface area contributed by atoms with Crippen molar-refractivity contribution in [3.05, 3.63) is 106 Å². The number of rotatable bonds is 9. The Balaban J connectivity index is 1.13. The van der Waals surface area contributed by atoms with Crippen LogP contribution in [-0.2, 0) is 21.4 Å². The zero-order chi connectivity index (χ0) is 27.7. The van der Waals surface area contributed by atoms with Gasteiger partial charge < -0.3 is 10.1 Å². The number of ether oxygens (including phenoxy) is 1. The Kier molecular flexibility index (Phi) is 7.50. The molecule has 0 spiro atoms. The maximum Gasteiger partial charge on any atom is 0.329 e. The lowest BCUT2D eigenvalue weighted by Crippen LogP contribution is -2.48. The van der Waals surface area contributed by atoms with Crippen molar-refractivity contribution in [3.63, 3.8) is 0 Å². The number of nitrogens with one attached hydrogen (secondary N) is 1. The number of carbonyl (C=O) groups is 3. The number of amides is 1. The average molecular weight is 556 g/mol. The highest BCUT2D eigenvalue weighted by Gasteiger charge is 2.51. The van der Waals surface area contributed by atoms with Gasteiger partial charge in [-0.1, -0.05) is 54.1 Å². The van der Waals surface area contributed by atoms with Gasteiger partial charge in [-0.05, 0) is 109 Å². The Morgan fingerprint density at radius 1 is 0.800 bits per heavy atom. The molecule has 4 aliphatic rings. The number of hydrogen-bond acceptors (Lipinski definition) is 4. The molecule has 40 heavy (non-hydrogen) atoms. The molecule has 206 valence electrons. The fourth-order valence-corrected chi connectivity index (χ4v) is 7.81. The van der Waals surface area contributed by atoms with Gasteiger partial charge in [0.25, 0.3) is 5.91 Å². The summed E-state index contributed by atoms with van der Waals surface area (Å²) in [5.74, 6) is 1.24. The minimum atomic E-state index is -0.934. The number of Topliss-reactive ketones (excluding diaryl/α,β-unsaturated/α-hetero) is 1. The molecule has 1 atom stereocenters. The molecule has 6 heteroatoms. The molecule has 0 unspecified atom stereocenters. The minimum absolute atomic E-state index is 0.256. The summed E-state index contributed by atoms with van der Waals surface area (Å²) in [6, 6.07) is 22.9. The van der Waals surface area contributed by atoms with E-state index < -0.39 is 18.6 Å². The largest absolute Gasteiger partial charge is 0.456 e. The third kappa shape index (κ3) is 5.71. The molecule has 5 nitrogen and oxygen atoms in total. The third-order valence-electron chi connectivity index (χ3n) is 9.18. The van der Waals surface area contributed by atoms with Gasteiger partial charge in [-0.25, -0.2) is 4.79 Å². The predicted octanol–water partition coefficient (Wildman–Crippen LogP) is 6.58. The summed E-state index contributed by atoms with van der Waals surface area (Å²) in [7, 11) is 0. The molecule has 0 heterocycles. The summed E-state index contributed by atoms with van der Waals surface area (Å²) in [5.41, 5.74) is 3.41. The van der Waals surface area contributed by atoms with E-state index in [0.717, 1.165) is 23.3 Å². The van der Waals surface area contributed by atoms with E-state index in [-0.39, 0.29) is 23.5 Å². The molecule has 0 radical (unpaired) electrons. The Morgan fingerprint density at radius 2 is 1.38 bits per heavy atom. The van der Waals surface area contributed by atoms with Crippen LogP contribution in [0.25, 0.3) is 0 Å². The smallest absolute Gasteiger partial charge is 0.329 e. The minimum Gasteiger partial charge on any atom is -0.456 e. The summed E-state index contributed by atoms with van der Waals surface area (Å²) in [4.78, 5) is 38.9. The first-order valence-corrected chi connectivity index (χ1v) is 14.7. The topological polar surface area (TPSA) is 72.5 Å². The van der Waals surface area contributed by atoms with E-state index >= 15 is 0 Å². The lowest BCUT2D eigenvalue weighted by atomic mass is 9.48. The summed E-state index contributed by atoms with van der Waals surface area (Å²) in [5, 5.41) is 3.38. The van der Waals surface area contributed by atoms with Crippen LogP contribution in [0.3, 0.4) is 0 Å². The molecule has 4 aliphatic carbocycles. The van der Waals surface area contributed by atoms with Crippen LogP contribution in [0.15, 0.2) is 78.9 Å². The molecule has 0 aromatic heterocycles. The maximum atomic E-state index is 13.3. The zero-order valence-electron chi connectivity index (χ0n) is 22.5. The monoisotopic (exact) mass is 555 g/mol. The SMILES string of the molecule is O=C(COC(=O)[C@H](Cc1ccccc1)NC(=O)c1ccc(C23CC4CC(CC(C4)C2)C3)cc1)c1ccc(Cl)cc1. The Morgan fingerprint density at radius 3 is 1.98 bits per heavy atom. The van der Waals surface area contributed by atoms with Gasteiger partial charge in [0.1, 0.15) is 6.04 Å². The van der Waals surface area contributed by atoms with Gasteiger partial charge >= 0.3 is 5.97 Å². The van der Waals surface area contributed by atoms with Gasteiger partial charge in [0.05, 0.1) is 0 Å². The molecule has 4 saturated carbocycles. The molecule has 3 aromatic rings. The van der Waals surface area contributed by atoms with E-state index in [1.807, 2.05) is 42.5 Å². The Hall–Kier alpha value is -3.44. The van der Waals surface area contributed by atoms with Crippen molar-refractivity contribution in [2.75, 3.05) is 6.61 Å². The summed E-state index contributed by atoms with van der Waals surface area (Å²) in [6.45, 7) is -0.415. The molecule has 3 aromatic carbocycles. The van der Waals surface area contributed by atoms with Crippen molar-refractivity contribution < 1.29 is 19.1 Å². The van der Waals surface area contributed by atoms with E-state index in [4.69, 9.17) is 16.3 Å². The molecule has 4 fully saturated rings. The molecule has 7 rings (SSSR count). The quantitative estimate of drug-likeness (QED) is 0.239. The molecule has 0 aliphatic heterocycles. The van der Waals surface area contributed by atoms with Crippen LogP contribution in [0, 0.1) is 17.8 Å². The van der Waals surface area contributed by atoms with Crippen LogP contribution >= 0.6 is 11.6 Å². The molecular weight excluding hydrogens is 522 g/mol. The average Bonchev–Trinajstić information content (AvgIpc) is 2.95. The lowest BCUT2D eigenvalue weighted by Gasteiger charge is -2.57. The van der Waals surface area contributed by atoms with Gasteiger partial charge in [-0.3, -0.25) is 9.59 Å². The van der Waals surface area contributed by atoms with Crippen LogP contribution < -0.4 is 5.32 Å². The Bertz CT molecular complexity index is 1350. The highest BCUT2D eigenvalue weighted by molar-refractivity contribution is 6.30. The van der Waals surface area contributed by atoms with Gasteiger partial charge in [-0.2, -0.15) is 0 Å². The van der Waals surface area contributed by atoms with Crippen LogP contribution in [0.2, 0.25) is 5.02 Å². The number of halogens is 1. The molecule has 0 saturated heterocycles. The van der Waals surface area contributed by atoms with Gasteiger partial charge in [0.2, 0.25) is 0 Å². The van der Waals surface area contributed by atoms with Crippen molar-refractivity contribution >= 4 is 29.3 Å². The predicted molar refractivity (Wildman–Crippen MR) is 154 cm³/mol. The van der Waals surface area contributed by atoms with Crippen molar-refractivity contribution in [1.29, 1.82) is 0 Å². The van der Waals surface area contributed by atoms with Gasteiger partial charge in [0, 0.05) is 22.6 Å². The molecule has 1 N–H and O–H groups in total. The normalized spacial score (nSPS) is 25.3. The number of hydrogen-bond donors (Lipinski definition) is 1. The second-order valence-corrected chi connectivity index (χ2v) is 12.5. The van der Waals surface area contributed by atoms with Crippen molar-refractivity contribution in [2.45, 2.75) is 56.4 Å². The van der Waals surface area contributed by atoms with Crippen molar-refractivity contribution in [3.8, 4) is 0 Å². The fraction of sp³-hybridized carbons (Fsp3) is 0.382.